The molecule has 0 aliphatic carbocycles. The quantitative estimate of drug-likeness (QED) is 0.231. The highest BCUT2D eigenvalue weighted by Gasteiger charge is 2.34. The zero-order valence-corrected chi connectivity index (χ0v) is 19.6. The van der Waals surface area contributed by atoms with Crippen LogP contribution >= 0.6 is 0 Å². The maximum Gasteiger partial charge on any atom is 0.303 e. The molecule has 0 bridgehead atoms. The largest absolute Gasteiger partial charge is 0.481 e. The van der Waals surface area contributed by atoms with Crippen molar-refractivity contribution in [3.8, 4) is 0 Å². The first-order valence-electron chi connectivity index (χ1n) is 9.69. The standard InChI is InChI=1S/C18H34O9Si2.2CH4/c1-28(2,7-5-13(9-15(19)20)10-16(21)22)27-29(3,4)8-6-14(11-17(23)24)12-18(25)26;;/h13-14H,5-12H2,1-4H3,(H,19,20)(H,21,22)(H,23,24)(H,25,26);2*1H4. The molecule has 0 aromatic rings. The molecule has 0 rings (SSSR count). The summed E-state index contributed by atoms with van der Waals surface area (Å²) < 4.78 is 6.43. The first kappa shape index (κ1) is 33.9. The van der Waals surface area contributed by atoms with Gasteiger partial charge in [0, 0.05) is 25.7 Å². The van der Waals surface area contributed by atoms with Crippen molar-refractivity contribution in [1.29, 1.82) is 0 Å². The third kappa shape index (κ3) is 18.7. The Morgan fingerprint density at radius 2 is 0.839 bits per heavy atom. The number of hydrogen-bond donors (Lipinski definition) is 4. The van der Waals surface area contributed by atoms with Crippen LogP contribution in [0.2, 0.25) is 38.3 Å². The minimum absolute atomic E-state index is 0. The van der Waals surface area contributed by atoms with Crippen molar-refractivity contribution in [1.82, 2.24) is 0 Å². The smallest absolute Gasteiger partial charge is 0.303 e. The van der Waals surface area contributed by atoms with E-state index in [1.54, 1.807) is 0 Å². The second-order valence-corrected chi connectivity index (χ2v) is 17.7. The summed E-state index contributed by atoms with van der Waals surface area (Å²) in [6.07, 6.45) is 0.159. The van der Waals surface area contributed by atoms with E-state index in [2.05, 4.69) is 0 Å². The number of rotatable bonds is 16. The molecule has 0 spiro atoms. The molecule has 0 aliphatic heterocycles. The number of carboxylic acid groups (broad SMARTS) is 4. The van der Waals surface area contributed by atoms with Crippen LogP contribution in [-0.2, 0) is 23.3 Å². The second kappa shape index (κ2) is 15.1. The zero-order valence-electron chi connectivity index (χ0n) is 17.6. The van der Waals surface area contributed by atoms with E-state index in [1.165, 1.54) is 0 Å². The van der Waals surface area contributed by atoms with Crippen molar-refractivity contribution in [2.75, 3.05) is 0 Å². The topological polar surface area (TPSA) is 158 Å². The Kier molecular flexibility index (Phi) is 16.6. The van der Waals surface area contributed by atoms with Gasteiger partial charge in [-0.25, -0.2) is 0 Å². The lowest BCUT2D eigenvalue weighted by Crippen LogP contribution is -2.44. The number of hydrogen-bond acceptors (Lipinski definition) is 5. The van der Waals surface area contributed by atoms with Crippen molar-refractivity contribution >= 4 is 40.5 Å². The average Bonchev–Trinajstić information content (AvgIpc) is 2.47. The fourth-order valence-corrected chi connectivity index (χ4v) is 12.5. The molecule has 31 heavy (non-hydrogen) atoms. The molecule has 0 radical (unpaired) electrons. The molecule has 0 heterocycles. The summed E-state index contributed by atoms with van der Waals surface area (Å²) in [7, 11) is -4.39. The van der Waals surface area contributed by atoms with E-state index in [-0.39, 0.29) is 40.5 Å². The molecule has 0 unspecified atom stereocenters. The molecule has 0 aliphatic rings. The van der Waals surface area contributed by atoms with Gasteiger partial charge in [0.25, 0.3) is 0 Å². The Morgan fingerprint density at radius 1 is 0.613 bits per heavy atom. The van der Waals surface area contributed by atoms with Gasteiger partial charge in [0.1, 0.15) is 0 Å². The molecule has 0 atom stereocenters. The lowest BCUT2D eigenvalue weighted by atomic mass is 9.99. The molecule has 0 fully saturated rings. The summed E-state index contributed by atoms with van der Waals surface area (Å²) in [5.74, 6) is -4.96. The van der Waals surface area contributed by atoms with Gasteiger partial charge in [-0.15, -0.1) is 0 Å². The lowest BCUT2D eigenvalue weighted by Gasteiger charge is -2.35. The van der Waals surface area contributed by atoms with Crippen LogP contribution in [0.15, 0.2) is 0 Å². The monoisotopic (exact) mass is 482 g/mol. The van der Waals surface area contributed by atoms with E-state index in [4.69, 9.17) is 24.5 Å². The molecule has 0 amide bonds. The van der Waals surface area contributed by atoms with Gasteiger partial charge in [0.15, 0.2) is 16.6 Å². The van der Waals surface area contributed by atoms with Gasteiger partial charge in [0.2, 0.25) is 0 Å². The van der Waals surface area contributed by atoms with Crippen molar-refractivity contribution in [3.63, 3.8) is 0 Å². The Labute approximate surface area is 188 Å². The zero-order chi connectivity index (χ0) is 22.8. The van der Waals surface area contributed by atoms with Crippen LogP contribution in [0.5, 0.6) is 0 Å². The van der Waals surface area contributed by atoms with E-state index in [9.17, 15) is 19.2 Å². The molecule has 0 aromatic carbocycles. The average molecular weight is 483 g/mol. The minimum Gasteiger partial charge on any atom is -0.481 e. The van der Waals surface area contributed by atoms with Gasteiger partial charge in [-0.2, -0.15) is 0 Å². The lowest BCUT2D eigenvalue weighted by molar-refractivity contribution is -0.142. The molecule has 0 saturated heterocycles. The van der Waals surface area contributed by atoms with E-state index >= 15 is 0 Å². The minimum atomic E-state index is -2.20. The van der Waals surface area contributed by atoms with Gasteiger partial charge in [0.05, 0.1) is 0 Å². The third-order valence-electron chi connectivity index (χ3n) is 4.72. The summed E-state index contributed by atoms with van der Waals surface area (Å²) in [4.78, 5) is 43.8. The number of aliphatic carboxylic acids is 4. The van der Waals surface area contributed by atoms with E-state index in [0.717, 1.165) is 0 Å². The van der Waals surface area contributed by atoms with Gasteiger partial charge >= 0.3 is 23.9 Å². The van der Waals surface area contributed by atoms with E-state index in [1.807, 2.05) is 26.2 Å². The van der Waals surface area contributed by atoms with Crippen LogP contribution in [0.3, 0.4) is 0 Å². The summed E-state index contributed by atoms with van der Waals surface area (Å²) in [5.41, 5.74) is 0. The van der Waals surface area contributed by atoms with E-state index < -0.39 is 52.3 Å². The predicted octanol–water partition coefficient (Wildman–Crippen LogP) is 4.60. The molecular formula is C20H42O9Si2. The number of carboxylic acids is 4. The van der Waals surface area contributed by atoms with Crippen LogP contribution in [0.4, 0.5) is 0 Å². The van der Waals surface area contributed by atoms with Crippen LogP contribution in [0.1, 0.15) is 53.4 Å². The van der Waals surface area contributed by atoms with Gasteiger partial charge in [-0.3, -0.25) is 19.2 Å². The van der Waals surface area contributed by atoms with Crippen LogP contribution in [0.25, 0.3) is 0 Å². The summed E-state index contributed by atoms with van der Waals surface area (Å²) >= 11 is 0. The Bertz CT molecular complexity index is 509. The highest BCUT2D eigenvalue weighted by Crippen LogP contribution is 2.29. The molecule has 4 N–H and O–H groups in total. The van der Waals surface area contributed by atoms with Crippen LogP contribution in [-0.4, -0.2) is 60.9 Å². The van der Waals surface area contributed by atoms with Crippen LogP contribution < -0.4 is 0 Å². The predicted molar refractivity (Wildman–Crippen MR) is 124 cm³/mol. The highest BCUT2D eigenvalue weighted by atomic mass is 28.4. The highest BCUT2D eigenvalue weighted by molar-refractivity contribution is 6.84. The molecule has 0 aromatic heterocycles. The molecule has 9 nitrogen and oxygen atoms in total. The molecule has 11 heteroatoms. The number of carbonyl (C=O) groups is 4. The normalized spacial score (nSPS) is 11.5. The first-order chi connectivity index (χ1) is 13.1. The first-order valence-corrected chi connectivity index (χ1v) is 15.9. The molecule has 0 saturated carbocycles. The van der Waals surface area contributed by atoms with E-state index in [0.29, 0.717) is 24.9 Å². The van der Waals surface area contributed by atoms with Crippen molar-refractivity contribution in [2.24, 2.45) is 11.8 Å². The Morgan fingerprint density at radius 3 is 1.03 bits per heavy atom. The third-order valence-corrected chi connectivity index (χ3v) is 12.1. The molecular weight excluding hydrogens is 440 g/mol. The van der Waals surface area contributed by atoms with Crippen molar-refractivity contribution in [3.05, 3.63) is 0 Å². The van der Waals surface area contributed by atoms with Crippen molar-refractivity contribution < 1.29 is 43.7 Å². The summed E-state index contributed by atoms with van der Waals surface area (Å²) in [6, 6.07) is 1.25. The SMILES string of the molecule is C.C.C[Si](C)(CCC(CC(=O)O)CC(=O)O)O[Si](C)(C)CCC(CC(=O)O)CC(=O)O. The molecule has 184 valence electrons. The second-order valence-electron chi connectivity index (χ2n) is 8.82. The maximum atomic E-state index is 11.0. The summed E-state index contributed by atoms with van der Waals surface area (Å²) in [6.45, 7) is 8.03. The summed E-state index contributed by atoms with van der Waals surface area (Å²) in [5, 5.41) is 35.9. The Hall–Kier alpha value is -1.73. The maximum absolute atomic E-state index is 11.0. The van der Waals surface area contributed by atoms with Gasteiger partial charge in [-0.1, -0.05) is 14.9 Å². The van der Waals surface area contributed by atoms with Crippen molar-refractivity contribution in [2.45, 2.75) is 91.7 Å². The van der Waals surface area contributed by atoms with Crippen LogP contribution in [0, 0.1) is 11.8 Å². The fourth-order valence-electron chi connectivity index (χ4n) is 3.49. The Balaban J connectivity index is -0.00000392. The van der Waals surface area contributed by atoms with Gasteiger partial charge < -0.3 is 24.5 Å². The fraction of sp³-hybridized carbons (Fsp3) is 0.800. The van der Waals surface area contributed by atoms with Gasteiger partial charge in [-0.05, 0) is 63.0 Å².